The summed E-state index contributed by atoms with van der Waals surface area (Å²) < 4.78 is 22.7. The van der Waals surface area contributed by atoms with E-state index in [-0.39, 0.29) is 18.1 Å². The average molecular weight is 351 g/mol. The molecule has 1 unspecified atom stereocenters. The van der Waals surface area contributed by atoms with Crippen LogP contribution in [0.2, 0.25) is 0 Å². The molecule has 3 rings (SSSR count). The van der Waals surface area contributed by atoms with Crippen LogP contribution in [0.3, 0.4) is 0 Å². The minimum atomic E-state index is -0.707. The summed E-state index contributed by atoms with van der Waals surface area (Å²) in [7, 11) is 1.13. The molecule has 0 N–H and O–H groups in total. The molecule has 24 heavy (non-hydrogen) atoms. The molecule has 6 heteroatoms. The zero-order chi connectivity index (χ0) is 16.9. The van der Waals surface area contributed by atoms with Gasteiger partial charge in [0.2, 0.25) is 0 Å². The smallest absolute Gasteiger partial charge is 0.253 e. The van der Waals surface area contributed by atoms with Gasteiger partial charge in [0.15, 0.2) is 0 Å². The van der Waals surface area contributed by atoms with E-state index in [9.17, 15) is 9.00 Å². The number of hydrogen-bond acceptors (Lipinski definition) is 4. The molecule has 5 nitrogen and oxygen atoms in total. The zero-order valence-corrected chi connectivity index (χ0v) is 14.9. The third-order valence-electron chi connectivity index (χ3n) is 4.79. The van der Waals surface area contributed by atoms with Crippen LogP contribution in [0.15, 0.2) is 24.3 Å². The molecule has 132 valence electrons. The fraction of sp³-hybridized carbons (Fsp3) is 0.611. The van der Waals surface area contributed by atoms with Crippen molar-refractivity contribution in [3.8, 4) is 5.75 Å². The second-order valence-corrected chi connectivity index (χ2v) is 8.16. The van der Waals surface area contributed by atoms with Crippen LogP contribution in [0.5, 0.6) is 5.75 Å². The molecule has 1 atom stereocenters. The van der Waals surface area contributed by atoms with Gasteiger partial charge >= 0.3 is 0 Å². The summed E-state index contributed by atoms with van der Waals surface area (Å²) in [4.78, 5) is 14.4. The third kappa shape index (κ3) is 4.36. The van der Waals surface area contributed by atoms with Crippen molar-refractivity contribution in [3.63, 3.8) is 0 Å². The van der Waals surface area contributed by atoms with Gasteiger partial charge < -0.3 is 14.4 Å². The molecular formula is C18H25NO4S. The molecule has 0 bridgehead atoms. The van der Waals surface area contributed by atoms with Gasteiger partial charge in [-0.15, -0.1) is 0 Å². The fourth-order valence-electron chi connectivity index (χ4n) is 3.20. The van der Waals surface area contributed by atoms with Crippen molar-refractivity contribution in [3.05, 3.63) is 29.8 Å². The number of carbonyl (C=O) groups is 1. The standard InChI is InChI=1S/C18H25NO4S/c1-19(15-8-11-24(21)12-9-15)18(20)14-4-6-16(7-5-14)23-13-17-3-2-10-22-17/h4-7,15,17H,2-3,8-13H2,1H3. The summed E-state index contributed by atoms with van der Waals surface area (Å²) in [5, 5.41) is 0. The van der Waals surface area contributed by atoms with Crippen molar-refractivity contribution in [1.82, 2.24) is 4.90 Å². The van der Waals surface area contributed by atoms with Crippen molar-refractivity contribution < 1.29 is 18.5 Å². The number of rotatable bonds is 5. The molecule has 0 spiro atoms. The molecule has 0 radical (unpaired) electrons. The lowest BCUT2D eigenvalue weighted by Crippen LogP contribution is -2.41. The second-order valence-electron chi connectivity index (χ2n) is 6.47. The Bertz CT molecular complexity index is 573. The van der Waals surface area contributed by atoms with Gasteiger partial charge in [-0.3, -0.25) is 9.00 Å². The van der Waals surface area contributed by atoms with Gasteiger partial charge in [-0.2, -0.15) is 0 Å². The Hall–Kier alpha value is -1.40. The van der Waals surface area contributed by atoms with Gasteiger partial charge in [-0.05, 0) is 49.9 Å². The highest BCUT2D eigenvalue weighted by molar-refractivity contribution is 7.85. The molecule has 1 amide bonds. The van der Waals surface area contributed by atoms with Crippen molar-refractivity contribution in [1.29, 1.82) is 0 Å². The number of benzene rings is 1. The van der Waals surface area contributed by atoms with E-state index in [1.54, 1.807) is 4.90 Å². The van der Waals surface area contributed by atoms with Crippen LogP contribution in [-0.4, -0.2) is 58.9 Å². The number of nitrogens with zero attached hydrogens (tertiary/aromatic N) is 1. The maximum absolute atomic E-state index is 12.6. The van der Waals surface area contributed by atoms with Crippen LogP contribution in [0.25, 0.3) is 0 Å². The van der Waals surface area contributed by atoms with Gasteiger partial charge in [-0.25, -0.2) is 0 Å². The average Bonchev–Trinajstić information content (AvgIpc) is 3.13. The minimum absolute atomic E-state index is 0.0124. The van der Waals surface area contributed by atoms with Gasteiger partial charge in [-0.1, -0.05) is 0 Å². The lowest BCUT2D eigenvalue weighted by Gasteiger charge is -2.31. The molecule has 2 fully saturated rings. The first kappa shape index (κ1) is 17.4. The van der Waals surface area contributed by atoms with Gasteiger partial charge in [0.1, 0.15) is 12.4 Å². The first-order valence-corrected chi connectivity index (χ1v) is 10.1. The first-order chi connectivity index (χ1) is 11.6. The molecule has 0 aliphatic carbocycles. The van der Waals surface area contributed by atoms with Crippen LogP contribution in [0.1, 0.15) is 36.0 Å². The van der Waals surface area contributed by atoms with Crippen LogP contribution in [0.4, 0.5) is 0 Å². The van der Waals surface area contributed by atoms with E-state index < -0.39 is 10.8 Å². The van der Waals surface area contributed by atoms with Gasteiger partial charge in [0.05, 0.1) is 6.10 Å². The zero-order valence-electron chi connectivity index (χ0n) is 14.1. The summed E-state index contributed by atoms with van der Waals surface area (Å²) in [6, 6.07) is 7.48. The van der Waals surface area contributed by atoms with E-state index in [2.05, 4.69) is 0 Å². The van der Waals surface area contributed by atoms with Crippen LogP contribution in [-0.2, 0) is 15.5 Å². The summed E-state index contributed by atoms with van der Waals surface area (Å²) in [6.07, 6.45) is 3.97. The SMILES string of the molecule is CN(C(=O)c1ccc(OCC2CCCO2)cc1)C1CCS(=O)CC1. The second kappa shape index (κ2) is 8.12. The Kier molecular flexibility index (Phi) is 5.89. The van der Waals surface area contributed by atoms with Gasteiger partial charge in [0.25, 0.3) is 5.91 Å². The summed E-state index contributed by atoms with van der Waals surface area (Å²) in [5.41, 5.74) is 0.661. The van der Waals surface area contributed by atoms with Gasteiger partial charge in [0, 0.05) is 47.6 Å². The molecule has 2 aliphatic rings. The summed E-state index contributed by atoms with van der Waals surface area (Å²) in [6.45, 7) is 1.38. The van der Waals surface area contributed by atoms with E-state index in [0.29, 0.717) is 23.7 Å². The van der Waals surface area contributed by atoms with Crippen molar-refractivity contribution in [2.24, 2.45) is 0 Å². The maximum Gasteiger partial charge on any atom is 0.253 e. The Morgan fingerprint density at radius 1 is 1.25 bits per heavy atom. The van der Waals surface area contributed by atoms with E-state index in [1.807, 2.05) is 31.3 Å². The highest BCUT2D eigenvalue weighted by Gasteiger charge is 2.25. The molecular weight excluding hydrogens is 326 g/mol. The minimum Gasteiger partial charge on any atom is -0.491 e. The third-order valence-corrected chi connectivity index (χ3v) is 6.17. The Labute approximate surface area is 145 Å². The number of carbonyl (C=O) groups excluding carboxylic acids is 1. The van der Waals surface area contributed by atoms with E-state index >= 15 is 0 Å². The molecule has 1 aromatic rings. The molecule has 2 aliphatic heterocycles. The Balaban J connectivity index is 1.53. The number of hydrogen-bond donors (Lipinski definition) is 0. The highest BCUT2D eigenvalue weighted by Crippen LogP contribution is 2.20. The largest absolute Gasteiger partial charge is 0.491 e. The molecule has 2 heterocycles. The first-order valence-electron chi connectivity index (χ1n) is 8.60. The molecule has 0 saturated carbocycles. The Morgan fingerprint density at radius 3 is 2.58 bits per heavy atom. The molecule has 1 aromatic carbocycles. The maximum atomic E-state index is 12.6. The predicted molar refractivity (Wildman–Crippen MR) is 93.9 cm³/mol. The highest BCUT2D eigenvalue weighted by atomic mass is 32.2. The monoisotopic (exact) mass is 351 g/mol. The van der Waals surface area contributed by atoms with E-state index in [0.717, 1.165) is 38.0 Å². The Morgan fingerprint density at radius 2 is 1.96 bits per heavy atom. The van der Waals surface area contributed by atoms with Crippen LogP contribution in [0, 0.1) is 0 Å². The van der Waals surface area contributed by atoms with E-state index in [1.165, 1.54) is 0 Å². The lowest BCUT2D eigenvalue weighted by molar-refractivity contribution is 0.0678. The quantitative estimate of drug-likeness (QED) is 0.816. The van der Waals surface area contributed by atoms with Crippen molar-refractivity contribution in [2.75, 3.05) is 31.8 Å². The number of ether oxygens (including phenoxy) is 2. The lowest BCUT2D eigenvalue weighted by atomic mass is 10.1. The van der Waals surface area contributed by atoms with Crippen LogP contribution >= 0.6 is 0 Å². The fourth-order valence-corrected chi connectivity index (χ4v) is 4.47. The van der Waals surface area contributed by atoms with Crippen molar-refractivity contribution >= 4 is 16.7 Å². The molecule has 2 saturated heterocycles. The normalized spacial score (nSPS) is 27.0. The van der Waals surface area contributed by atoms with Crippen LogP contribution < -0.4 is 4.74 Å². The summed E-state index contributed by atoms with van der Waals surface area (Å²) >= 11 is 0. The number of amides is 1. The van der Waals surface area contributed by atoms with E-state index in [4.69, 9.17) is 9.47 Å². The summed E-state index contributed by atoms with van der Waals surface area (Å²) in [5.74, 6) is 2.16. The van der Waals surface area contributed by atoms with Crippen molar-refractivity contribution in [2.45, 2.75) is 37.8 Å². The predicted octanol–water partition coefficient (Wildman–Crippen LogP) is 2.23. The topological polar surface area (TPSA) is 55.8 Å². The molecule has 0 aromatic heterocycles.